The highest BCUT2D eigenvalue weighted by atomic mass is 35.5. The van der Waals surface area contributed by atoms with Gasteiger partial charge >= 0.3 is 0 Å². The molecule has 39 heavy (non-hydrogen) atoms. The molecule has 0 radical (unpaired) electrons. The fourth-order valence-electron chi connectivity index (χ4n) is 6.95. The first-order valence-electron chi connectivity index (χ1n) is 12.9. The summed E-state index contributed by atoms with van der Waals surface area (Å²) in [5.74, 6) is -6.82. The Morgan fingerprint density at radius 2 is 1.87 bits per heavy atom. The van der Waals surface area contributed by atoms with Crippen LogP contribution in [0.15, 0.2) is 16.9 Å². The monoisotopic (exact) mass is 560 g/mol. The molecule has 5 atom stereocenters. The summed E-state index contributed by atoms with van der Waals surface area (Å²) in [4.78, 5) is 43.1. The van der Waals surface area contributed by atoms with Gasteiger partial charge < -0.3 is 36.4 Å². The minimum Gasteiger partial charge on any atom is -0.508 e. The summed E-state index contributed by atoms with van der Waals surface area (Å²) in [6, 6.07) is -1.22. The number of aliphatic hydroxyl groups excluding tert-OH is 2. The van der Waals surface area contributed by atoms with E-state index < -0.39 is 58.0 Å². The molecule has 7 N–H and O–H groups in total. The zero-order chi connectivity index (χ0) is 28.7. The minimum atomic E-state index is -2.68. The number of primary amides is 1. The molecule has 0 bridgehead atoms. The van der Waals surface area contributed by atoms with Gasteiger partial charge in [-0.1, -0.05) is 18.5 Å². The van der Waals surface area contributed by atoms with Crippen LogP contribution in [0.5, 0.6) is 5.75 Å². The number of hydrogen-bond acceptors (Lipinski definition) is 10. The SMILES string of the molecule is CCN(C)[C@@H]1C(=O)C(C(N)=O)=C(O)[C@@]2(O)C(=O)C3=C(O)c4c(O)c5c(c(Cl)c4C[C@H]3C[C@@H]12)C(N(C)C)CCN5. The Bertz CT molecular complexity index is 1390. The zero-order valence-electron chi connectivity index (χ0n) is 22.2. The van der Waals surface area contributed by atoms with Crippen molar-refractivity contribution in [3.05, 3.63) is 38.6 Å². The van der Waals surface area contributed by atoms with Gasteiger partial charge in [0.2, 0.25) is 5.78 Å². The standard InChI is InChI=1S/C27H33ClN4O7/c1-5-32(4)20-12-9-10-8-11-15(22(34)19-16(18(11)28)13(31(2)3)6-7-30-19)21(33)14(10)24(36)27(12,39)25(37)17(23(20)35)26(29)38/h10,12-13,20,30,33-34,37,39H,5-9H2,1-4H3,(H2,29,38)/t10-,12-,13?,20-,27-/m0/s1. The highest BCUT2D eigenvalue weighted by molar-refractivity contribution is 6.33. The van der Waals surface area contributed by atoms with Crippen molar-refractivity contribution in [3.63, 3.8) is 0 Å². The van der Waals surface area contributed by atoms with Crippen LogP contribution < -0.4 is 11.1 Å². The number of nitrogens with one attached hydrogen (secondary N) is 1. The Labute approximate surface area is 230 Å². The molecule has 210 valence electrons. The maximum Gasteiger partial charge on any atom is 0.255 e. The van der Waals surface area contributed by atoms with Crippen molar-refractivity contribution in [1.29, 1.82) is 0 Å². The van der Waals surface area contributed by atoms with Crippen LogP contribution >= 0.6 is 11.6 Å². The zero-order valence-corrected chi connectivity index (χ0v) is 23.0. The molecule has 1 aliphatic heterocycles. The number of rotatable bonds is 4. The fourth-order valence-corrected chi connectivity index (χ4v) is 7.34. The molecule has 1 fully saturated rings. The molecule has 0 aromatic heterocycles. The summed E-state index contributed by atoms with van der Waals surface area (Å²) < 4.78 is 0. The Balaban J connectivity index is 1.75. The summed E-state index contributed by atoms with van der Waals surface area (Å²) in [7, 11) is 5.43. The number of phenols is 1. The van der Waals surface area contributed by atoms with Gasteiger partial charge in [-0.3, -0.25) is 19.3 Å². The van der Waals surface area contributed by atoms with Crippen LogP contribution in [0, 0.1) is 11.8 Å². The Morgan fingerprint density at radius 1 is 1.21 bits per heavy atom. The molecular formula is C27H33ClN4O7. The second-order valence-corrected chi connectivity index (χ2v) is 11.4. The molecular weight excluding hydrogens is 528 g/mol. The summed E-state index contributed by atoms with van der Waals surface area (Å²) >= 11 is 6.95. The third kappa shape index (κ3) is 3.56. The molecule has 1 amide bonds. The number of phenolic OH excluding ortho intramolecular Hbond substituents is 1. The van der Waals surface area contributed by atoms with Crippen molar-refractivity contribution in [2.75, 3.05) is 39.5 Å². The summed E-state index contributed by atoms with van der Waals surface area (Å²) in [5, 5.41) is 49.1. The van der Waals surface area contributed by atoms with E-state index in [0.717, 1.165) is 6.42 Å². The van der Waals surface area contributed by atoms with E-state index in [9.17, 15) is 34.8 Å². The predicted octanol–water partition coefficient (Wildman–Crippen LogP) is 1.43. The van der Waals surface area contributed by atoms with Crippen LogP contribution in [0.2, 0.25) is 5.02 Å². The van der Waals surface area contributed by atoms with Crippen molar-refractivity contribution in [3.8, 4) is 5.75 Å². The van der Waals surface area contributed by atoms with Gasteiger partial charge in [0.15, 0.2) is 11.4 Å². The number of ketones is 2. The van der Waals surface area contributed by atoms with Gasteiger partial charge in [0.1, 0.15) is 22.8 Å². The number of Topliss-reactive ketones (excluding diaryl/α,β-unsaturated/α-hetero) is 2. The molecule has 3 aliphatic carbocycles. The van der Waals surface area contributed by atoms with E-state index in [0.29, 0.717) is 34.9 Å². The number of anilines is 1. The lowest BCUT2D eigenvalue weighted by molar-refractivity contribution is -0.154. The van der Waals surface area contributed by atoms with Gasteiger partial charge in [0.25, 0.3) is 5.91 Å². The van der Waals surface area contributed by atoms with Gasteiger partial charge in [0, 0.05) is 29.6 Å². The predicted molar refractivity (Wildman–Crippen MR) is 143 cm³/mol. The van der Waals surface area contributed by atoms with Crippen LogP contribution in [0.3, 0.4) is 0 Å². The Morgan fingerprint density at radius 3 is 2.46 bits per heavy atom. The number of carbonyl (C=O) groups is 3. The molecule has 1 unspecified atom stereocenters. The number of benzene rings is 1. The summed E-state index contributed by atoms with van der Waals surface area (Å²) in [6.45, 7) is 2.66. The number of likely N-dealkylation sites (N-methyl/N-ethyl adjacent to an activating group) is 1. The Kier molecular flexibility index (Phi) is 6.49. The molecule has 1 aromatic carbocycles. The number of hydrogen-bond donors (Lipinski definition) is 6. The number of nitrogens with two attached hydrogens (primary N) is 1. The second-order valence-electron chi connectivity index (χ2n) is 11.1. The second kappa shape index (κ2) is 9.22. The average molecular weight is 561 g/mol. The Hall–Kier alpha value is -3.12. The first kappa shape index (κ1) is 27.4. The minimum absolute atomic E-state index is 0.0139. The van der Waals surface area contributed by atoms with Crippen LogP contribution in [-0.4, -0.2) is 93.6 Å². The molecule has 0 spiro atoms. The van der Waals surface area contributed by atoms with Crippen LogP contribution in [0.4, 0.5) is 5.69 Å². The quantitative estimate of drug-likeness (QED) is 0.233. The van der Waals surface area contributed by atoms with E-state index in [4.69, 9.17) is 17.3 Å². The summed E-state index contributed by atoms with van der Waals surface area (Å²) in [5.41, 5.74) is 3.20. The third-order valence-corrected chi connectivity index (χ3v) is 9.38. The molecule has 1 aromatic rings. The third-order valence-electron chi connectivity index (χ3n) is 8.95. The number of halogens is 1. The number of aromatic hydroxyl groups is 1. The normalized spacial score (nSPS) is 30.2. The lowest BCUT2D eigenvalue weighted by Gasteiger charge is -2.50. The molecule has 0 saturated heterocycles. The molecule has 4 aliphatic rings. The highest BCUT2D eigenvalue weighted by Gasteiger charge is 2.64. The van der Waals surface area contributed by atoms with E-state index in [1.54, 1.807) is 18.9 Å². The van der Waals surface area contributed by atoms with Crippen LogP contribution in [0.1, 0.15) is 42.5 Å². The van der Waals surface area contributed by atoms with Crippen molar-refractivity contribution >= 4 is 40.5 Å². The van der Waals surface area contributed by atoms with E-state index in [1.165, 1.54) is 0 Å². The maximum absolute atomic E-state index is 14.0. The fraction of sp³-hybridized carbons (Fsp3) is 0.519. The number of amides is 1. The molecule has 1 heterocycles. The first-order chi connectivity index (χ1) is 18.3. The lowest BCUT2D eigenvalue weighted by atomic mass is 9.57. The number of carbonyl (C=O) groups excluding carboxylic acids is 3. The van der Waals surface area contributed by atoms with Gasteiger partial charge in [-0.05, 0) is 58.4 Å². The topological polar surface area (TPSA) is 177 Å². The number of fused-ring (bicyclic) bond motifs is 4. The van der Waals surface area contributed by atoms with E-state index in [2.05, 4.69) is 5.32 Å². The van der Waals surface area contributed by atoms with Crippen molar-refractivity contribution in [2.45, 2.75) is 43.9 Å². The van der Waals surface area contributed by atoms with Gasteiger partial charge in [-0.25, -0.2) is 0 Å². The smallest absolute Gasteiger partial charge is 0.255 e. The largest absolute Gasteiger partial charge is 0.508 e. The molecule has 5 rings (SSSR count). The number of nitrogens with zero attached hydrogens (tertiary/aromatic N) is 2. The van der Waals surface area contributed by atoms with Crippen LogP contribution in [0.25, 0.3) is 5.76 Å². The van der Waals surface area contributed by atoms with Crippen LogP contribution in [-0.2, 0) is 20.8 Å². The molecule has 12 heteroatoms. The van der Waals surface area contributed by atoms with Crippen molar-refractivity contribution in [1.82, 2.24) is 9.80 Å². The van der Waals surface area contributed by atoms with Gasteiger partial charge in [0.05, 0.1) is 22.3 Å². The number of aliphatic hydroxyl groups is 3. The lowest BCUT2D eigenvalue weighted by Crippen LogP contribution is -2.66. The highest BCUT2D eigenvalue weighted by Crippen LogP contribution is 2.56. The van der Waals surface area contributed by atoms with Crippen molar-refractivity contribution in [2.24, 2.45) is 17.6 Å². The van der Waals surface area contributed by atoms with E-state index in [-0.39, 0.29) is 35.8 Å². The average Bonchev–Trinajstić information content (AvgIpc) is 2.88. The molecule has 11 nitrogen and oxygen atoms in total. The summed E-state index contributed by atoms with van der Waals surface area (Å²) in [6.07, 6.45) is 0.904. The van der Waals surface area contributed by atoms with Crippen molar-refractivity contribution < 1.29 is 34.8 Å². The van der Waals surface area contributed by atoms with E-state index in [1.807, 2.05) is 19.0 Å². The molecule has 1 saturated carbocycles. The maximum atomic E-state index is 14.0. The van der Waals surface area contributed by atoms with E-state index >= 15 is 0 Å². The van der Waals surface area contributed by atoms with Gasteiger partial charge in [-0.2, -0.15) is 0 Å². The first-order valence-corrected chi connectivity index (χ1v) is 13.3. The van der Waals surface area contributed by atoms with Gasteiger partial charge in [-0.15, -0.1) is 0 Å².